The Morgan fingerprint density at radius 3 is 2.81 bits per heavy atom. The first-order chi connectivity index (χ1) is 7.75. The van der Waals surface area contributed by atoms with Crippen molar-refractivity contribution in [1.82, 2.24) is 24.9 Å². The highest BCUT2D eigenvalue weighted by Gasteiger charge is 1.99. The molecule has 0 amide bonds. The molecule has 0 aromatic carbocycles. The van der Waals surface area contributed by atoms with Gasteiger partial charge in [0.25, 0.3) is 0 Å². The summed E-state index contributed by atoms with van der Waals surface area (Å²) >= 11 is 0. The van der Waals surface area contributed by atoms with E-state index in [2.05, 4.69) is 15.5 Å². The van der Waals surface area contributed by atoms with E-state index in [1.807, 2.05) is 48.0 Å². The number of hydrogen-bond acceptors (Lipinski definition) is 3. The van der Waals surface area contributed by atoms with Gasteiger partial charge in [0.1, 0.15) is 0 Å². The van der Waals surface area contributed by atoms with Crippen molar-refractivity contribution in [1.29, 1.82) is 0 Å². The summed E-state index contributed by atoms with van der Waals surface area (Å²) in [7, 11) is 3.90. The van der Waals surface area contributed by atoms with Gasteiger partial charge in [0.05, 0.1) is 5.69 Å². The normalized spacial score (nSPS) is 10.9. The standard InChI is InChI=1S/C11H17N5/c1-15-8-5-10(14-15)9-12-6-3-11-4-7-13-16(11)2/h4-5,7-8,12H,3,6,9H2,1-2H3. The molecule has 86 valence electrons. The lowest BCUT2D eigenvalue weighted by molar-refractivity contribution is 0.627. The molecule has 0 fully saturated rings. The quantitative estimate of drug-likeness (QED) is 0.744. The Balaban J connectivity index is 1.71. The fourth-order valence-electron chi connectivity index (χ4n) is 1.64. The molecular weight excluding hydrogens is 202 g/mol. The van der Waals surface area contributed by atoms with E-state index >= 15 is 0 Å². The highest BCUT2D eigenvalue weighted by molar-refractivity contribution is 5.01. The largest absolute Gasteiger partial charge is 0.311 e. The van der Waals surface area contributed by atoms with Crippen molar-refractivity contribution in [3.63, 3.8) is 0 Å². The maximum Gasteiger partial charge on any atom is 0.0762 e. The van der Waals surface area contributed by atoms with Gasteiger partial charge in [-0.25, -0.2) is 0 Å². The van der Waals surface area contributed by atoms with Crippen LogP contribution in [0.3, 0.4) is 0 Å². The van der Waals surface area contributed by atoms with Crippen molar-refractivity contribution in [2.75, 3.05) is 6.54 Å². The molecular formula is C11H17N5. The van der Waals surface area contributed by atoms with E-state index in [0.29, 0.717) is 0 Å². The van der Waals surface area contributed by atoms with Crippen LogP contribution in [-0.2, 0) is 27.1 Å². The maximum absolute atomic E-state index is 4.30. The van der Waals surface area contributed by atoms with E-state index in [1.165, 1.54) is 5.69 Å². The Kier molecular flexibility index (Phi) is 3.36. The summed E-state index contributed by atoms with van der Waals surface area (Å²) in [6, 6.07) is 4.07. The van der Waals surface area contributed by atoms with Gasteiger partial charge in [-0.15, -0.1) is 0 Å². The molecule has 0 saturated heterocycles. The van der Waals surface area contributed by atoms with Gasteiger partial charge in [0, 0.05) is 51.7 Å². The van der Waals surface area contributed by atoms with Crippen LogP contribution in [0.2, 0.25) is 0 Å². The second kappa shape index (κ2) is 4.94. The van der Waals surface area contributed by atoms with E-state index in [1.54, 1.807) is 0 Å². The van der Waals surface area contributed by atoms with E-state index < -0.39 is 0 Å². The van der Waals surface area contributed by atoms with Crippen LogP contribution in [0, 0.1) is 0 Å². The third-order valence-electron chi connectivity index (χ3n) is 2.56. The van der Waals surface area contributed by atoms with E-state index in [-0.39, 0.29) is 0 Å². The van der Waals surface area contributed by atoms with Crippen LogP contribution < -0.4 is 5.32 Å². The van der Waals surface area contributed by atoms with Crippen LogP contribution in [0.4, 0.5) is 0 Å². The Morgan fingerprint density at radius 2 is 2.19 bits per heavy atom. The van der Waals surface area contributed by atoms with Crippen molar-refractivity contribution >= 4 is 0 Å². The smallest absolute Gasteiger partial charge is 0.0762 e. The summed E-state index contributed by atoms with van der Waals surface area (Å²) in [5.41, 5.74) is 2.32. The summed E-state index contributed by atoms with van der Waals surface area (Å²) in [5.74, 6) is 0. The number of nitrogens with one attached hydrogen (secondary N) is 1. The predicted octanol–water partition coefficient (Wildman–Crippen LogP) is 0.486. The molecule has 16 heavy (non-hydrogen) atoms. The summed E-state index contributed by atoms with van der Waals surface area (Å²) in [5, 5.41) is 11.8. The minimum atomic E-state index is 0.818. The second-order valence-corrected chi connectivity index (χ2v) is 3.85. The van der Waals surface area contributed by atoms with Crippen LogP contribution >= 0.6 is 0 Å². The first-order valence-corrected chi connectivity index (χ1v) is 5.42. The van der Waals surface area contributed by atoms with Crippen LogP contribution in [0.15, 0.2) is 24.5 Å². The molecule has 0 radical (unpaired) electrons. The zero-order valence-electron chi connectivity index (χ0n) is 9.72. The van der Waals surface area contributed by atoms with Gasteiger partial charge in [0.2, 0.25) is 0 Å². The molecule has 0 atom stereocenters. The fourth-order valence-corrected chi connectivity index (χ4v) is 1.64. The molecule has 0 spiro atoms. The fraction of sp³-hybridized carbons (Fsp3) is 0.455. The van der Waals surface area contributed by atoms with Crippen LogP contribution in [0.1, 0.15) is 11.4 Å². The van der Waals surface area contributed by atoms with E-state index in [9.17, 15) is 0 Å². The summed E-state index contributed by atoms with van der Waals surface area (Å²) in [4.78, 5) is 0. The molecule has 1 N–H and O–H groups in total. The van der Waals surface area contributed by atoms with Crippen molar-refractivity contribution in [3.05, 3.63) is 35.9 Å². The minimum absolute atomic E-state index is 0.818. The highest BCUT2D eigenvalue weighted by Crippen LogP contribution is 1.97. The first kappa shape index (κ1) is 10.9. The van der Waals surface area contributed by atoms with Gasteiger partial charge in [-0.05, 0) is 12.1 Å². The van der Waals surface area contributed by atoms with Crippen molar-refractivity contribution < 1.29 is 0 Å². The molecule has 2 rings (SSSR count). The number of nitrogens with zero attached hydrogens (tertiary/aromatic N) is 4. The molecule has 2 heterocycles. The Bertz CT molecular complexity index is 443. The monoisotopic (exact) mass is 219 g/mol. The third-order valence-corrected chi connectivity index (χ3v) is 2.56. The van der Waals surface area contributed by atoms with Gasteiger partial charge >= 0.3 is 0 Å². The van der Waals surface area contributed by atoms with Gasteiger partial charge < -0.3 is 5.32 Å². The number of aromatic nitrogens is 4. The van der Waals surface area contributed by atoms with Crippen LogP contribution in [0.5, 0.6) is 0 Å². The minimum Gasteiger partial charge on any atom is -0.311 e. The molecule has 0 saturated carbocycles. The maximum atomic E-state index is 4.30. The average molecular weight is 219 g/mol. The van der Waals surface area contributed by atoms with Crippen LogP contribution in [-0.4, -0.2) is 26.1 Å². The number of hydrogen-bond donors (Lipinski definition) is 1. The molecule has 0 bridgehead atoms. The number of rotatable bonds is 5. The van der Waals surface area contributed by atoms with Gasteiger partial charge in [-0.1, -0.05) is 0 Å². The van der Waals surface area contributed by atoms with Crippen LogP contribution in [0.25, 0.3) is 0 Å². The molecule has 5 heteroatoms. The molecule has 0 aliphatic rings. The zero-order chi connectivity index (χ0) is 11.4. The summed E-state index contributed by atoms with van der Waals surface area (Å²) < 4.78 is 3.72. The first-order valence-electron chi connectivity index (χ1n) is 5.42. The number of aryl methyl sites for hydroxylation is 2. The Morgan fingerprint density at radius 1 is 1.31 bits per heavy atom. The highest BCUT2D eigenvalue weighted by atomic mass is 15.3. The SMILES string of the molecule is Cn1ccc(CNCCc2ccnn2C)n1. The summed E-state index contributed by atoms with van der Waals surface area (Å²) in [6.45, 7) is 1.76. The lowest BCUT2D eigenvalue weighted by atomic mass is 10.3. The molecule has 2 aromatic heterocycles. The Hall–Kier alpha value is -1.62. The molecule has 0 aliphatic carbocycles. The van der Waals surface area contributed by atoms with E-state index in [0.717, 1.165) is 25.2 Å². The van der Waals surface area contributed by atoms with Crippen molar-refractivity contribution in [2.24, 2.45) is 14.1 Å². The second-order valence-electron chi connectivity index (χ2n) is 3.85. The van der Waals surface area contributed by atoms with Crippen molar-refractivity contribution in [2.45, 2.75) is 13.0 Å². The molecule has 5 nitrogen and oxygen atoms in total. The molecule has 0 unspecified atom stereocenters. The predicted molar refractivity (Wildman–Crippen MR) is 61.8 cm³/mol. The molecule has 2 aromatic rings. The van der Waals surface area contributed by atoms with Gasteiger partial charge in [-0.2, -0.15) is 10.2 Å². The van der Waals surface area contributed by atoms with Gasteiger partial charge in [0.15, 0.2) is 0 Å². The molecule has 0 aliphatic heterocycles. The topological polar surface area (TPSA) is 47.7 Å². The lowest BCUT2D eigenvalue weighted by Crippen LogP contribution is -2.18. The van der Waals surface area contributed by atoms with Gasteiger partial charge in [-0.3, -0.25) is 9.36 Å². The van der Waals surface area contributed by atoms with Crippen molar-refractivity contribution in [3.8, 4) is 0 Å². The average Bonchev–Trinajstić information content (AvgIpc) is 2.83. The Labute approximate surface area is 95.1 Å². The summed E-state index contributed by atoms with van der Waals surface area (Å²) in [6.07, 6.45) is 4.77. The zero-order valence-corrected chi connectivity index (χ0v) is 9.72. The lowest BCUT2D eigenvalue weighted by Gasteiger charge is -2.03. The third kappa shape index (κ3) is 2.70. The van der Waals surface area contributed by atoms with E-state index in [4.69, 9.17) is 0 Å².